The number of nitrogens with zero attached hydrogens (tertiary/aromatic N) is 2. The first-order chi connectivity index (χ1) is 9.49. The van der Waals surface area contributed by atoms with E-state index >= 15 is 0 Å². The van der Waals surface area contributed by atoms with Crippen LogP contribution in [0.15, 0.2) is 10.2 Å². The number of aromatic nitrogens is 2. The van der Waals surface area contributed by atoms with Crippen molar-refractivity contribution in [2.24, 2.45) is 5.92 Å². The first kappa shape index (κ1) is 14.7. The fraction of sp³-hybridized carbons (Fsp3) is 0.500. The van der Waals surface area contributed by atoms with Crippen molar-refractivity contribution in [1.29, 1.82) is 0 Å². The minimum atomic E-state index is -0.203. The van der Waals surface area contributed by atoms with Gasteiger partial charge >= 0.3 is 0 Å². The van der Waals surface area contributed by atoms with Crippen molar-refractivity contribution in [1.82, 2.24) is 9.38 Å². The molecule has 20 heavy (non-hydrogen) atoms. The molecule has 2 aromatic rings. The zero-order chi connectivity index (χ0) is 14.9. The molecule has 2 rings (SSSR count). The lowest BCUT2D eigenvalue weighted by molar-refractivity contribution is -0.120. The van der Waals surface area contributed by atoms with Gasteiger partial charge in [-0.1, -0.05) is 13.8 Å². The summed E-state index contributed by atoms with van der Waals surface area (Å²) in [6.45, 7) is 7.54. The molecule has 0 bridgehead atoms. The number of rotatable bonds is 4. The maximum Gasteiger partial charge on any atom is 0.282 e. The molecule has 0 saturated carbocycles. The molecule has 0 fully saturated rings. The molecule has 0 atom stereocenters. The summed E-state index contributed by atoms with van der Waals surface area (Å²) in [5.74, 6) is -0.178. The normalized spacial score (nSPS) is 11.2. The van der Waals surface area contributed by atoms with Crippen LogP contribution in [0.4, 0.5) is 5.69 Å². The highest BCUT2D eigenvalue weighted by molar-refractivity contribution is 7.15. The Kier molecular flexibility index (Phi) is 4.23. The summed E-state index contributed by atoms with van der Waals surface area (Å²) in [4.78, 5) is 29.7. The highest BCUT2D eigenvalue weighted by atomic mass is 32.1. The van der Waals surface area contributed by atoms with Gasteiger partial charge in [-0.15, -0.1) is 11.3 Å². The van der Waals surface area contributed by atoms with Gasteiger partial charge in [-0.05, 0) is 26.7 Å². The lowest BCUT2D eigenvalue weighted by Gasteiger charge is -2.13. The summed E-state index contributed by atoms with van der Waals surface area (Å²) >= 11 is 1.42. The summed E-state index contributed by atoms with van der Waals surface area (Å²) in [6, 6.07) is 0. The Morgan fingerprint density at radius 2 is 2.05 bits per heavy atom. The van der Waals surface area contributed by atoms with Crippen molar-refractivity contribution < 1.29 is 4.79 Å². The van der Waals surface area contributed by atoms with E-state index in [2.05, 4.69) is 10.3 Å². The summed E-state index contributed by atoms with van der Waals surface area (Å²) in [7, 11) is 0. The second kappa shape index (κ2) is 5.75. The number of aryl methyl sites for hydroxylation is 2. The SMILES string of the molecule is CCC(CC)C(=O)Nc1c(C)nc2scc(C)n2c1=O. The number of carbonyl (C=O) groups excluding carboxylic acids is 1. The monoisotopic (exact) mass is 293 g/mol. The molecule has 0 aliphatic carbocycles. The number of fused-ring (bicyclic) bond motifs is 1. The number of carbonyl (C=O) groups is 1. The van der Waals surface area contributed by atoms with Crippen LogP contribution in [0.3, 0.4) is 0 Å². The van der Waals surface area contributed by atoms with Gasteiger partial charge in [-0.3, -0.25) is 14.0 Å². The molecule has 1 N–H and O–H groups in total. The second-order valence-corrected chi connectivity index (χ2v) is 5.71. The molecule has 5 nitrogen and oxygen atoms in total. The van der Waals surface area contributed by atoms with E-state index < -0.39 is 0 Å². The predicted molar refractivity (Wildman–Crippen MR) is 81.5 cm³/mol. The third kappa shape index (κ3) is 2.47. The van der Waals surface area contributed by atoms with E-state index in [-0.39, 0.29) is 17.4 Å². The van der Waals surface area contributed by atoms with E-state index in [9.17, 15) is 9.59 Å². The van der Waals surface area contributed by atoms with Crippen LogP contribution in [0, 0.1) is 19.8 Å². The van der Waals surface area contributed by atoms with Crippen LogP contribution in [-0.4, -0.2) is 15.3 Å². The quantitative estimate of drug-likeness (QED) is 0.942. The highest BCUT2D eigenvalue weighted by Crippen LogP contribution is 2.17. The molecule has 2 heterocycles. The van der Waals surface area contributed by atoms with E-state index in [4.69, 9.17) is 0 Å². The average Bonchev–Trinajstić information content (AvgIpc) is 2.77. The third-order valence-electron chi connectivity index (χ3n) is 3.53. The maximum atomic E-state index is 12.5. The van der Waals surface area contributed by atoms with Crippen LogP contribution in [0.25, 0.3) is 4.96 Å². The molecule has 1 amide bonds. The lowest BCUT2D eigenvalue weighted by Crippen LogP contribution is -2.28. The van der Waals surface area contributed by atoms with Gasteiger partial charge in [0.05, 0.1) is 5.69 Å². The third-order valence-corrected chi connectivity index (χ3v) is 4.47. The number of hydrogen-bond donors (Lipinski definition) is 1. The van der Waals surface area contributed by atoms with Gasteiger partial charge in [-0.2, -0.15) is 0 Å². The van der Waals surface area contributed by atoms with Crippen LogP contribution < -0.4 is 10.9 Å². The Morgan fingerprint density at radius 3 is 2.65 bits per heavy atom. The Balaban J connectivity index is 2.47. The Labute approximate surface area is 121 Å². The van der Waals surface area contributed by atoms with Gasteiger partial charge in [-0.25, -0.2) is 4.98 Å². The smallest absolute Gasteiger partial charge is 0.282 e. The molecule has 0 aliphatic rings. The van der Waals surface area contributed by atoms with Crippen LogP contribution in [0.2, 0.25) is 0 Å². The first-order valence-corrected chi connectivity index (χ1v) is 7.65. The van der Waals surface area contributed by atoms with Gasteiger partial charge in [0.2, 0.25) is 5.91 Å². The fourth-order valence-corrected chi connectivity index (χ4v) is 3.12. The van der Waals surface area contributed by atoms with Crippen molar-refractivity contribution in [2.75, 3.05) is 5.32 Å². The first-order valence-electron chi connectivity index (χ1n) is 6.77. The molecule has 0 aromatic carbocycles. The highest BCUT2D eigenvalue weighted by Gasteiger charge is 2.19. The zero-order valence-electron chi connectivity index (χ0n) is 12.2. The molecule has 108 valence electrons. The molecule has 0 aliphatic heterocycles. The van der Waals surface area contributed by atoms with E-state index in [0.717, 1.165) is 18.5 Å². The summed E-state index contributed by atoms with van der Waals surface area (Å²) in [6.07, 6.45) is 1.52. The molecular formula is C14H19N3O2S. The minimum absolute atomic E-state index is 0.0712. The number of thiazole rings is 1. The molecule has 2 aromatic heterocycles. The lowest BCUT2D eigenvalue weighted by atomic mass is 10.0. The molecule has 0 unspecified atom stereocenters. The van der Waals surface area contributed by atoms with Crippen molar-refractivity contribution in [3.63, 3.8) is 0 Å². The van der Waals surface area contributed by atoms with Crippen LogP contribution in [0.5, 0.6) is 0 Å². The second-order valence-electron chi connectivity index (χ2n) is 4.88. The van der Waals surface area contributed by atoms with Crippen LogP contribution in [-0.2, 0) is 4.79 Å². The van der Waals surface area contributed by atoms with Crippen molar-refractivity contribution in [2.45, 2.75) is 40.5 Å². The molecular weight excluding hydrogens is 274 g/mol. The maximum absolute atomic E-state index is 12.5. The minimum Gasteiger partial charge on any atom is -0.320 e. The number of nitrogens with one attached hydrogen (secondary N) is 1. The zero-order valence-corrected chi connectivity index (χ0v) is 13.0. The van der Waals surface area contributed by atoms with E-state index in [1.165, 1.54) is 11.3 Å². The van der Waals surface area contributed by atoms with Crippen molar-refractivity contribution in [3.05, 3.63) is 27.1 Å². The summed E-state index contributed by atoms with van der Waals surface area (Å²) in [5, 5.41) is 4.64. The predicted octanol–water partition coefficient (Wildman–Crippen LogP) is 2.75. The van der Waals surface area contributed by atoms with E-state index in [1.807, 2.05) is 26.2 Å². The van der Waals surface area contributed by atoms with Crippen molar-refractivity contribution >= 4 is 27.9 Å². The molecule has 0 saturated heterocycles. The van der Waals surface area contributed by atoms with Crippen LogP contribution >= 0.6 is 11.3 Å². The van der Waals surface area contributed by atoms with Gasteiger partial charge in [0, 0.05) is 17.0 Å². The molecule has 0 spiro atoms. The van der Waals surface area contributed by atoms with Gasteiger partial charge in [0.15, 0.2) is 4.96 Å². The molecule has 6 heteroatoms. The topological polar surface area (TPSA) is 63.5 Å². The Hall–Kier alpha value is -1.69. The number of anilines is 1. The van der Waals surface area contributed by atoms with Crippen LogP contribution in [0.1, 0.15) is 38.1 Å². The average molecular weight is 293 g/mol. The number of amides is 1. The van der Waals surface area contributed by atoms with Gasteiger partial charge < -0.3 is 5.32 Å². The summed E-state index contributed by atoms with van der Waals surface area (Å²) < 4.78 is 1.54. The fourth-order valence-electron chi connectivity index (χ4n) is 2.21. The van der Waals surface area contributed by atoms with E-state index in [1.54, 1.807) is 11.3 Å². The number of hydrogen-bond acceptors (Lipinski definition) is 4. The van der Waals surface area contributed by atoms with Gasteiger partial charge in [0.25, 0.3) is 5.56 Å². The Morgan fingerprint density at radius 1 is 1.40 bits per heavy atom. The molecule has 0 radical (unpaired) electrons. The Bertz CT molecular complexity index is 698. The van der Waals surface area contributed by atoms with Gasteiger partial charge in [0.1, 0.15) is 5.69 Å². The van der Waals surface area contributed by atoms with E-state index in [0.29, 0.717) is 16.3 Å². The largest absolute Gasteiger partial charge is 0.320 e. The van der Waals surface area contributed by atoms with Crippen molar-refractivity contribution in [3.8, 4) is 0 Å². The standard InChI is InChI=1S/C14H19N3O2S/c1-5-10(6-2)12(18)16-11-9(4)15-14-17(13(11)19)8(3)7-20-14/h7,10H,5-6H2,1-4H3,(H,16,18). The summed E-state index contributed by atoms with van der Waals surface area (Å²) in [5.41, 5.74) is 1.49.